The highest BCUT2D eigenvalue weighted by molar-refractivity contribution is 6.44. The molecule has 0 saturated carbocycles. The Kier molecular flexibility index (Phi) is 4.30. The third-order valence-electron chi connectivity index (χ3n) is 3.07. The maximum absolute atomic E-state index is 12.4. The van der Waals surface area contributed by atoms with E-state index >= 15 is 0 Å². The molecule has 106 valence electrons. The van der Waals surface area contributed by atoms with Gasteiger partial charge in [0.15, 0.2) is 0 Å². The summed E-state index contributed by atoms with van der Waals surface area (Å²) in [4.78, 5) is 24.3. The zero-order valence-electron chi connectivity index (χ0n) is 10.7. The molecule has 0 unspecified atom stereocenters. The van der Waals surface area contributed by atoms with Gasteiger partial charge in [0.05, 0.1) is 20.5 Å². The Hall–Kier alpha value is -1.59. The van der Waals surface area contributed by atoms with Crippen molar-refractivity contribution in [2.24, 2.45) is 0 Å². The zero-order chi connectivity index (χ0) is 14.9. The third-order valence-corrected chi connectivity index (χ3v) is 3.88. The van der Waals surface area contributed by atoms with Crippen molar-refractivity contribution >= 4 is 34.8 Å². The molecule has 0 spiro atoms. The molecule has 5 nitrogen and oxygen atoms in total. The molecule has 0 saturated heterocycles. The maximum Gasteiger partial charge on any atom is 0.271 e. The second-order valence-electron chi connectivity index (χ2n) is 4.61. The Morgan fingerprint density at radius 2 is 2.10 bits per heavy atom. The molecule has 1 aliphatic heterocycles. The molecule has 1 amide bonds. The quantitative estimate of drug-likeness (QED) is 0.475. The largest absolute Gasteiger partial charge is 0.334 e. The molecule has 0 bridgehead atoms. The fourth-order valence-corrected chi connectivity index (χ4v) is 2.49. The molecule has 0 aromatic heterocycles. The van der Waals surface area contributed by atoms with E-state index in [4.69, 9.17) is 23.2 Å². The average molecular weight is 315 g/mol. The van der Waals surface area contributed by atoms with Crippen LogP contribution < -0.4 is 0 Å². The van der Waals surface area contributed by atoms with Gasteiger partial charge >= 0.3 is 0 Å². The van der Waals surface area contributed by atoms with Crippen molar-refractivity contribution in [3.05, 3.63) is 49.5 Å². The number of hydrogen-bond donors (Lipinski definition) is 0. The molecule has 0 radical (unpaired) electrons. The van der Waals surface area contributed by atoms with Gasteiger partial charge in [-0.15, -0.1) is 0 Å². The number of non-ortho nitro benzene ring substituents is 1. The summed E-state index contributed by atoms with van der Waals surface area (Å²) >= 11 is 11.9. The third kappa shape index (κ3) is 2.94. The standard InChI is InChI=1S/C13H12Cl2N2O3/c1-8-3-2-4-16(7-8)13(18)10-5-9(17(19)20)6-11(14)12(10)15/h3,5-6H,2,4,7H2,1H3. The van der Waals surface area contributed by atoms with Crippen LogP contribution in [0.1, 0.15) is 23.7 Å². The first-order valence-corrected chi connectivity index (χ1v) is 6.74. The van der Waals surface area contributed by atoms with Gasteiger partial charge in [0.25, 0.3) is 11.6 Å². The first-order chi connectivity index (χ1) is 9.40. The molecule has 1 aromatic rings. The summed E-state index contributed by atoms with van der Waals surface area (Å²) in [7, 11) is 0. The molecule has 0 atom stereocenters. The lowest BCUT2D eigenvalue weighted by molar-refractivity contribution is -0.384. The van der Waals surface area contributed by atoms with Crippen molar-refractivity contribution in [1.82, 2.24) is 4.90 Å². The van der Waals surface area contributed by atoms with Crippen LogP contribution in [0.4, 0.5) is 5.69 Å². The normalized spacial score (nSPS) is 14.9. The Bertz CT molecular complexity index is 614. The topological polar surface area (TPSA) is 63.5 Å². The fraction of sp³-hybridized carbons (Fsp3) is 0.308. The molecule has 20 heavy (non-hydrogen) atoms. The molecular formula is C13H12Cl2N2O3. The van der Waals surface area contributed by atoms with Crippen molar-refractivity contribution in [2.75, 3.05) is 13.1 Å². The first kappa shape index (κ1) is 14.8. The van der Waals surface area contributed by atoms with Crippen LogP contribution in [-0.4, -0.2) is 28.8 Å². The number of nitro benzene ring substituents is 1. The Balaban J connectivity index is 2.39. The summed E-state index contributed by atoms with van der Waals surface area (Å²) in [6.07, 6.45) is 2.82. The number of halogens is 2. The van der Waals surface area contributed by atoms with Gasteiger partial charge in [-0.25, -0.2) is 0 Å². The number of carbonyl (C=O) groups is 1. The molecule has 1 aromatic carbocycles. The molecule has 0 N–H and O–H groups in total. The molecule has 7 heteroatoms. The SMILES string of the molecule is CC1=CCCN(C(=O)c2cc([N+](=O)[O-])cc(Cl)c2Cl)C1. The van der Waals surface area contributed by atoms with E-state index in [1.165, 1.54) is 6.07 Å². The average Bonchev–Trinajstić information content (AvgIpc) is 2.40. The lowest BCUT2D eigenvalue weighted by atomic mass is 10.1. The number of nitrogens with zero attached hydrogens (tertiary/aromatic N) is 2. The van der Waals surface area contributed by atoms with Crippen molar-refractivity contribution in [3.8, 4) is 0 Å². The Morgan fingerprint density at radius 3 is 2.70 bits per heavy atom. The summed E-state index contributed by atoms with van der Waals surface area (Å²) in [6, 6.07) is 2.31. The van der Waals surface area contributed by atoms with E-state index in [0.717, 1.165) is 18.1 Å². The van der Waals surface area contributed by atoms with Gasteiger partial charge in [-0.1, -0.05) is 34.9 Å². The van der Waals surface area contributed by atoms with Crippen LogP contribution in [0.5, 0.6) is 0 Å². The smallest absolute Gasteiger partial charge is 0.271 e. The van der Waals surface area contributed by atoms with Gasteiger partial charge in [-0.3, -0.25) is 14.9 Å². The summed E-state index contributed by atoms with van der Waals surface area (Å²) in [5.74, 6) is -0.340. The van der Waals surface area contributed by atoms with Crippen LogP contribution in [0.15, 0.2) is 23.8 Å². The second-order valence-corrected chi connectivity index (χ2v) is 5.40. The van der Waals surface area contributed by atoms with Crippen LogP contribution in [-0.2, 0) is 0 Å². The van der Waals surface area contributed by atoms with Gasteiger partial charge in [-0.2, -0.15) is 0 Å². The van der Waals surface area contributed by atoms with E-state index < -0.39 is 4.92 Å². The molecular weight excluding hydrogens is 303 g/mol. The molecule has 1 aliphatic rings. The number of carbonyl (C=O) groups excluding carboxylic acids is 1. The number of nitro groups is 1. The van der Waals surface area contributed by atoms with Crippen LogP contribution >= 0.6 is 23.2 Å². The van der Waals surface area contributed by atoms with E-state index in [-0.39, 0.29) is 27.2 Å². The van der Waals surface area contributed by atoms with Crippen molar-refractivity contribution in [3.63, 3.8) is 0 Å². The van der Waals surface area contributed by atoms with Crippen LogP contribution in [0.2, 0.25) is 10.0 Å². The second kappa shape index (κ2) is 5.81. The number of hydrogen-bond acceptors (Lipinski definition) is 3. The number of rotatable bonds is 2. The Morgan fingerprint density at radius 1 is 1.40 bits per heavy atom. The number of benzene rings is 1. The molecule has 1 heterocycles. The van der Waals surface area contributed by atoms with E-state index in [0.29, 0.717) is 13.1 Å². The van der Waals surface area contributed by atoms with Crippen molar-refractivity contribution in [1.29, 1.82) is 0 Å². The van der Waals surface area contributed by atoms with Gasteiger partial charge in [-0.05, 0) is 13.3 Å². The molecule has 2 rings (SSSR count). The predicted molar refractivity (Wildman–Crippen MR) is 77.4 cm³/mol. The minimum atomic E-state index is -0.597. The summed E-state index contributed by atoms with van der Waals surface area (Å²) in [6.45, 7) is 2.99. The minimum absolute atomic E-state index is 0.00786. The van der Waals surface area contributed by atoms with Gasteiger partial charge in [0.1, 0.15) is 0 Å². The van der Waals surface area contributed by atoms with E-state index in [1.54, 1.807) is 4.90 Å². The maximum atomic E-state index is 12.4. The lowest BCUT2D eigenvalue weighted by Crippen LogP contribution is -2.35. The highest BCUT2D eigenvalue weighted by atomic mass is 35.5. The van der Waals surface area contributed by atoms with Gasteiger partial charge in [0, 0.05) is 25.2 Å². The van der Waals surface area contributed by atoms with Crippen LogP contribution in [0.25, 0.3) is 0 Å². The minimum Gasteiger partial charge on any atom is -0.334 e. The molecule has 0 aliphatic carbocycles. The monoisotopic (exact) mass is 314 g/mol. The highest BCUT2D eigenvalue weighted by Crippen LogP contribution is 2.32. The zero-order valence-corrected chi connectivity index (χ0v) is 12.2. The van der Waals surface area contributed by atoms with Crippen LogP contribution in [0.3, 0.4) is 0 Å². The van der Waals surface area contributed by atoms with Gasteiger partial charge in [0.2, 0.25) is 0 Å². The summed E-state index contributed by atoms with van der Waals surface area (Å²) < 4.78 is 0. The number of amides is 1. The van der Waals surface area contributed by atoms with E-state index in [2.05, 4.69) is 6.08 Å². The Labute approximate surface area is 125 Å². The summed E-state index contributed by atoms with van der Waals surface area (Å²) in [5, 5.41) is 10.9. The van der Waals surface area contributed by atoms with E-state index in [1.807, 2.05) is 6.92 Å². The molecule has 0 fully saturated rings. The predicted octanol–water partition coefficient (Wildman–Crippen LogP) is 3.69. The summed E-state index contributed by atoms with van der Waals surface area (Å²) in [5.41, 5.74) is 0.907. The van der Waals surface area contributed by atoms with Crippen molar-refractivity contribution in [2.45, 2.75) is 13.3 Å². The first-order valence-electron chi connectivity index (χ1n) is 5.98. The van der Waals surface area contributed by atoms with Gasteiger partial charge < -0.3 is 4.90 Å². The van der Waals surface area contributed by atoms with Crippen molar-refractivity contribution < 1.29 is 9.72 Å². The highest BCUT2D eigenvalue weighted by Gasteiger charge is 2.24. The van der Waals surface area contributed by atoms with Crippen LogP contribution in [0, 0.1) is 10.1 Å². The van der Waals surface area contributed by atoms with E-state index in [9.17, 15) is 14.9 Å². The fourth-order valence-electron chi connectivity index (χ4n) is 2.09. The lowest BCUT2D eigenvalue weighted by Gasteiger charge is -2.26.